The van der Waals surface area contributed by atoms with Gasteiger partial charge in [0.1, 0.15) is 0 Å². The molecule has 2 rings (SSSR count). The average Bonchev–Trinajstić information content (AvgIpc) is 2.93. The zero-order chi connectivity index (χ0) is 22.5. The summed E-state index contributed by atoms with van der Waals surface area (Å²) in [4.78, 5) is 58.0. The molecule has 4 N–H and O–H groups in total. The monoisotopic (exact) mass is 440 g/mol. The second-order valence-corrected chi connectivity index (χ2v) is 6.97. The van der Waals surface area contributed by atoms with Crippen LogP contribution in [0.2, 0.25) is 5.02 Å². The highest BCUT2D eigenvalue weighted by Gasteiger charge is 2.55. The van der Waals surface area contributed by atoms with E-state index in [-0.39, 0.29) is 17.0 Å². The molecule has 0 radical (unpaired) electrons. The molecule has 1 fully saturated rings. The molecule has 0 unspecified atom stereocenters. The molecular weight excluding hydrogens is 422 g/mol. The van der Waals surface area contributed by atoms with Crippen LogP contribution in [0.1, 0.15) is 28.8 Å². The highest BCUT2D eigenvalue weighted by atomic mass is 35.5. The Balaban J connectivity index is 1.88. The Morgan fingerprint density at radius 3 is 2.37 bits per heavy atom. The number of halogens is 1. The molecule has 13 heteroatoms. The third-order valence-electron chi connectivity index (χ3n) is 4.08. The predicted octanol–water partition coefficient (Wildman–Crippen LogP) is -0.217. The smallest absolute Gasteiger partial charge is 0.506 e. The van der Waals surface area contributed by atoms with Crippen LogP contribution in [0.4, 0.5) is 0 Å². The number of hydrogen-bond donors (Lipinski definition) is 4. The number of rotatable bonds is 9. The Morgan fingerprint density at radius 1 is 1.13 bits per heavy atom. The van der Waals surface area contributed by atoms with Gasteiger partial charge in [-0.25, -0.2) is 0 Å². The molecular formula is C17H18BClN2O9. The minimum Gasteiger partial charge on any atom is -0.506 e. The van der Waals surface area contributed by atoms with E-state index < -0.39 is 61.8 Å². The lowest BCUT2D eigenvalue weighted by atomic mass is 9.89. The van der Waals surface area contributed by atoms with E-state index in [1.807, 2.05) is 0 Å². The molecule has 1 aromatic carbocycles. The summed E-state index contributed by atoms with van der Waals surface area (Å²) in [6.45, 7) is 1.36. The van der Waals surface area contributed by atoms with Crippen molar-refractivity contribution in [3.63, 3.8) is 0 Å². The highest BCUT2D eigenvalue weighted by molar-refractivity contribution is 6.50. The van der Waals surface area contributed by atoms with Gasteiger partial charge in [0.25, 0.3) is 5.91 Å². The molecule has 0 saturated carbocycles. The molecule has 11 nitrogen and oxygen atoms in total. The average molecular weight is 441 g/mol. The van der Waals surface area contributed by atoms with Crippen LogP contribution in [0.5, 0.6) is 0 Å². The van der Waals surface area contributed by atoms with Crippen molar-refractivity contribution in [1.29, 1.82) is 0 Å². The third kappa shape index (κ3) is 5.94. The SMILES string of the molecule is Cc1ccc(Cl)c(C(=O)NCC(=O)NCB2OC(=O)C(CC(=O)O)(CC(=O)O)O2)c1. The standard InChI is InChI=1S/C17H18BClN2O9/c1-9-2-3-11(19)10(4-9)15(27)20-7-12(22)21-8-18-29-16(28)17(30-18,5-13(23)24)6-14(25)26/h2-4H,5-8H2,1H3,(H,20,27)(H,21,22)(H,23,24)(H,25,26). The van der Waals surface area contributed by atoms with E-state index in [0.29, 0.717) is 0 Å². The van der Waals surface area contributed by atoms with Crippen molar-refractivity contribution in [3.8, 4) is 0 Å². The zero-order valence-electron chi connectivity index (χ0n) is 15.8. The maximum atomic E-state index is 12.1. The van der Waals surface area contributed by atoms with Crippen LogP contribution in [-0.2, 0) is 28.5 Å². The lowest BCUT2D eigenvalue weighted by Crippen LogP contribution is -2.44. The van der Waals surface area contributed by atoms with Gasteiger partial charge in [0.05, 0.1) is 36.4 Å². The first kappa shape index (κ1) is 23.2. The van der Waals surface area contributed by atoms with Crippen molar-refractivity contribution < 1.29 is 43.5 Å². The fourth-order valence-electron chi connectivity index (χ4n) is 2.74. The van der Waals surface area contributed by atoms with Crippen LogP contribution in [0, 0.1) is 6.92 Å². The van der Waals surface area contributed by atoms with Crippen molar-refractivity contribution >= 4 is 48.4 Å². The summed E-state index contributed by atoms with van der Waals surface area (Å²) < 4.78 is 10.1. The van der Waals surface area contributed by atoms with Gasteiger partial charge in [0.15, 0.2) is 5.60 Å². The van der Waals surface area contributed by atoms with Crippen LogP contribution >= 0.6 is 11.6 Å². The van der Waals surface area contributed by atoms with Crippen molar-refractivity contribution in [1.82, 2.24) is 10.6 Å². The predicted molar refractivity (Wildman–Crippen MR) is 102 cm³/mol. The first-order valence-electron chi connectivity index (χ1n) is 8.66. The minimum absolute atomic E-state index is 0.199. The normalized spacial score (nSPS) is 14.7. The molecule has 30 heavy (non-hydrogen) atoms. The molecule has 1 saturated heterocycles. The Labute approximate surface area is 175 Å². The summed E-state index contributed by atoms with van der Waals surface area (Å²) in [5.74, 6) is -5.26. The van der Waals surface area contributed by atoms with Gasteiger partial charge in [0, 0.05) is 0 Å². The van der Waals surface area contributed by atoms with Gasteiger partial charge in [-0.3, -0.25) is 24.0 Å². The number of benzene rings is 1. The van der Waals surface area contributed by atoms with E-state index in [4.69, 9.17) is 31.1 Å². The van der Waals surface area contributed by atoms with Crippen LogP contribution in [0.25, 0.3) is 0 Å². The molecule has 0 aromatic heterocycles. The summed E-state index contributed by atoms with van der Waals surface area (Å²) in [5.41, 5.74) is -1.17. The van der Waals surface area contributed by atoms with Gasteiger partial charge in [0.2, 0.25) is 5.91 Å². The van der Waals surface area contributed by atoms with E-state index in [2.05, 4.69) is 10.6 Å². The molecule has 1 aromatic rings. The summed E-state index contributed by atoms with van der Waals surface area (Å²) in [6, 6.07) is 4.84. The highest BCUT2D eigenvalue weighted by Crippen LogP contribution is 2.30. The van der Waals surface area contributed by atoms with E-state index in [1.165, 1.54) is 0 Å². The summed E-state index contributed by atoms with van der Waals surface area (Å²) in [6.07, 6.45) is -2.18. The molecule has 0 bridgehead atoms. The van der Waals surface area contributed by atoms with Gasteiger partial charge in [-0.05, 0) is 19.1 Å². The van der Waals surface area contributed by atoms with Gasteiger partial charge in [-0.2, -0.15) is 0 Å². The summed E-state index contributed by atoms with van der Waals surface area (Å²) >= 11 is 5.96. The van der Waals surface area contributed by atoms with Crippen molar-refractivity contribution in [3.05, 3.63) is 34.3 Å². The topological polar surface area (TPSA) is 168 Å². The maximum Gasteiger partial charge on any atom is 0.548 e. The number of carboxylic acid groups (broad SMARTS) is 2. The lowest BCUT2D eigenvalue weighted by molar-refractivity contribution is -0.157. The number of aliphatic carboxylic acids is 2. The van der Waals surface area contributed by atoms with Crippen molar-refractivity contribution in [2.75, 3.05) is 13.0 Å². The molecule has 2 amide bonds. The van der Waals surface area contributed by atoms with Crippen molar-refractivity contribution in [2.45, 2.75) is 25.4 Å². The first-order valence-corrected chi connectivity index (χ1v) is 9.04. The molecule has 160 valence electrons. The molecule has 1 aliphatic rings. The molecule has 1 heterocycles. The Bertz CT molecular complexity index is 876. The summed E-state index contributed by atoms with van der Waals surface area (Å²) in [7, 11) is -1.37. The van der Waals surface area contributed by atoms with Crippen LogP contribution < -0.4 is 10.6 Å². The Hall–Kier alpha value is -3.12. The van der Waals surface area contributed by atoms with Crippen LogP contribution in [0.15, 0.2) is 18.2 Å². The number of aryl methyl sites for hydroxylation is 1. The minimum atomic E-state index is -2.18. The lowest BCUT2D eigenvalue weighted by Gasteiger charge is -2.20. The van der Waals surface area contributed by atoms with Crippen LogP contribution in [0.3, 0.4) is 0 Å². The Morgan fingerprint density at radius 2 is 1.77 bits per heavy atom. The molecule has 0 spiro atoms. The van der Waals surface area contributed by atoms with Crippen molar-refractivity contribution in [2.24, 2.45) is 0 Å². The molecule has 1 aliphatic heterocycles. The summed E-state index contributed by atoms with van der Waals surface area (Å²) in [5, 5.41) is 22.8. The second kappa shape index (κ2) is 9.59. The fraction of sp³-hybridized carbons (Fsp3) is 0.353. The number of carboxylic acids is 2. The van der Waals surface area contributed by atoms with E-state index in [0.717, 1.165) is 5.56 Å². The van der Waals surface area contributed by atoms with Gasteiger partial charge in [-0.1, -0.05) is 23.2 Å². The number of carbonyl (C=O) groups excluding carboxylic acids is 3. The maximum absolute atomic E-state index is 12.1. The van der Waals surface area contributed by atoms with Gasteiger partial charge in [-0.15, -0.1) is 0 Å². The third-order valence-corrected chi connectivity index (χ3v) is 4.41. The van der Waals surface area contributed by atoms with E-state index in [9.17, 15) is 24.0 Å². The number of carbonyl (C=O) groups is 5. The number of hydrogen-bond acceptors (Lipinski definition) is 7. The van der Waals surface area contributed by atoms with Crippen LogP contribution in [-0.4, -0.2) is 65.6 Å². The Kier molecular flexibility index (Phi) is 7.41. The number of amides is 2. The largest absolute Gasteiger partial charge is 0.548 e. The quantitative estimate of drug-likeness (QED) is 0.379. The molecule has 0 atom stereocenters. The second-order valence-electron chi connectivity index (χ2n) is 6.56. The fourth-order valence-corrected chi connectivity index (χ4v) is 2.94. The molecule has 0 aliphatic carbocycles. The number of nitrogens with one attached hydrogen (secondary N) is 2. The first-order chi connectivity index (χ1) is 14.0. The van der Waals surface area contributed by atoms with Gasteiger partial charge < -0.3 is 30.2 Å². The van der Waals surface area contributed by atoms with E-state index in [1.54, 1.807) is 25.1 Å². The van der Waals surface area contributed by atoms with Gasteiger partial charge >= 0.3 is 25.0 Å². The zero-order valence-corrected chi connectivity index (χ0v) is 16.5. The van der Waals surface area contributed by atoms with E-state index >= 15 is 0 Å².